The molecule has 1 unspecified atom stereocenters. The van der Waals surface area contributed by atoms with Crippen LogP contribution in [0.25, 0.3) is 10.9 Å². The summed E-state index contributed by atoms with van der Waals surface area (Å²) in [4.78, 5) is 25.5. The standard InChI is InChI=1S/C30H32F3N7O4/c31-30(32,33)29(41,21-36-8-10-38(11-9-36)28-34-17-24(18-35-28)37-12-14-44-15-13-37)26-20-39(19-22-4-2-1-3-5-22)27-16-23(40(42)43)6-7-25(26)27/h1-7,16-18,20,41H,8-15,19,21H2. The Kier molecular flexibility index (Phi) is 8.14. The molecule has 2 aromatic heterocycles. The summed E-state index contributed by atoms with van der Waals surface area (Å²) in [6, 6.07) is 12.8. The summed E-state index contributed by atoms with van der Waals surface area (Å²) < 4.78 is 51.4. The fourth-order valence-corrected chi connectivity index (χ4v) is 5.85. The lowest BCUT2D eigenvalue weighted by atomic mass is 9.91. The molecule has 0 aliphatic carbocycles. The number of ether oxygens (including phenoxy) is 1. The van der Waals surface area contributed by atoms with Crippen LogP contribution in [0.5, 0.6) is 0 Å². The molecule has 0 saturated carbocycles. The van der Waals surface area contributed by atoms with E-state index >= 15 is 0 Å². The van der Waals surface area contributed by atoms with Gasteiger partial charge in [0.1, 0.15) is 0 Å². The molecule has 44 heavy (non-hydrogen) atoms. The summed E-state index contributed by atoms with van der Waals surface area (Å²) in [5.74, 6) is 0.498. The van der Waals surface area contributed by atoms with E-state index in [1.54, 1.807) is 29.4 Å². The number of rotatable bonds is 8. The number of fused-ring (bicyclic) bond motifs is 1. The van der Waals surface area contributed by atoms with Crippen LogP contribution in [0.15, 0.2) is 67.1 Å². The summed E-state index contributed by atoms with van der Waals surface area (Å²) in [7, 11) is 0. The van der Waals surface area contributed by atoms with Crippen LogP contribution in [-0.2, 0) is 16.9 Å². The van der Waals surface area contributed by atoms with Crippen LogP contribution in [0.2, 0.25) is 0 Å². The van der Waals surface area contributed by atoms with Gasteiger partial charge >= 0.3 is 6.18 Å². The van der Waals surface area contributed by atoms with Gasteiger partial charge in [0.2, 0.25) is 11.5 Å². The number of aliphatic hydroxyl groups is 1. The lowest BCUT2D eigenvalue weighted by Gasteiger charge is -2.40. The van der Waals surface area contributed by atoms with Crippen LogP contribution in [0.1, 0.15) is 11.1 Å². The van der Waals surface area contributed by atoms with E-state index in [0.29, 0.717) is 32.3 Å². The largest absolute Gasteiger partial charge is 0.422 e. The van der Waals surface area contributed by atoms with Crippen molar-refractivity contribution in [1.82, 2.24) is 19.4 Å². The molecule has 11 nitrogen and oxygen atoms in total. The number of nitro benzene ring substituents is 1. The summed E-state index contributed by atoms with van der Waals surface area (Å²) in [6.45, 7) is 3.54. The number of nitrogens with zero attached hydrogens (tertiary/aromatic N) is 7. The molecule has 2 saturated heterocycles. The van der Waals surface area contributed by atoms with E-state index in [0.717, 1.165) is 24.3 Å². The lowest BCUT2D eigenvalue weighted by molar-refractivity contribution is -0.384. The molecule has 14 heteroatoms. The maximum Gasteiger partial charge on any atom is 0.422 e. The van der Waals surface area contributed by atoms with Gasteiger partial charge in [-0.3, -0.25) is 15.0 Å². The highest BCUT2D eigenvalue weighted by Gasteiger charge is 2.57. The van der Waals surface area contributed by atoms with Gasteiger partial charge in [0.15, 0.2) is 0 Å². The van der Waals surface area contributed by atoms with Crippen molar-refractivity contribution in [2.24, 2.45) is 0 Å². The predicted molar refractivity (Wildman–Crippen MR) is 158 cm³/mol. The number of alkyl halides is 3. The van der Waals surface area contributed by atoms with Crippen molar-refractivity contribution < 1.29 is 27.9 Å². The highest BCUT2D eigenvalue weighted by atomic mass is 19.4. The molecule has 4 heterocycles. The Labute approximate surface area is 251 Å². The van der Waals surface area contributed by atoms with Crippen LogP contribution in [0, 0.1) is 10.1 Å². The molecule has 2 aliphatic heterocycles. The van der Waals surface area contributed by atoms with Gasteiger partial charge < -0.3 is 24.2 Å². The Morgan fingerprint density at radius 1 is 0.932 bits per heavy atom. The van der Waals surface area contributed by atoms with E-state index in [9.17, 15) is 28.4 Å². The minimum atomic E-state index is -5.02. The van der Waals surface area contributed by atoms with Crippen molar-refractivity contribution in [1.29, 1.82) is 0 Å². The number of non-ortho nitro benzene ring substituents is 1. The molecule has 1 N–H and O–H groups in total. The Morgan fingerprint density at radius 2 is 1.61 bits per heavy atom. The second-order valence-corrected chi connectivity index (χ2v) is 11.1. The van der Waals surface area contributed by atoms with Crippen LogP contribution in [-0.4, -0.2) is 94.7 Å². The fraction of sp³-hybridized carbons (Fsp3) is 0.400. The van der Waals surface area contributed by atoms with Crippen LogP contribution < -0.4 is 9.80 Å². The van der Waals surface area contributed by atoms with Crippen LogP contribution in [0.4, 0.5) is 30.5 Å². The molecule has 2 fully saturated rings. The quantitative estimate of drug-likeness (QED) is 0.235. The molecule has 2 aromatic carbocycles. The second kappa shape index (κ2) is 12.0. The van der Waals surface area contributed by atoms with E-state index in [-0.39, 0.29) is 41.8 Å². The number of morpholine rings is 1. The normalized spacial score (nSPS) is 18.0. The van der Waals surface area contributed by atoms with Gasteiger partial charge in [0, 0.05) is 81.6 Å². The van der Waals surface area contributed by atoms with Crippen molar-refractivity contribution >= 4 is 28.2 Å². The average Bonchev–Trinajstić information content (AvgIpc) is 3.40. The Morgan fingerprint density at radius 3 is 2.25 bits per heavy atom. The molecule has 0 bridgehead atoms. The second-order valence-electron chi connectivity index (χ2n) is 11.1. The third kappa shape index (κ3) is 5.92. The maximum atomic E-state index is 14.8. The molecular formula is C30H32F3N7O4. The number of benzene rings is 2. The van der Waals surface area contributed by atoms with Crippen molar-refractivity contribution in [3.05, 3.63) is 88.4 Å². The Bertz CT molecular complexity index is 1600. The van der Waals surface area contributed by atoms with E-state index in [1.165, 1.54) is 29.0 Å². The number of nitro groups is 1. The summed E-state index contributed by atoms with van der Waals surface area (Å²) in [6.07, 6.45) is -0.249. The minimum Gasteiger partial charge on any atom is -0.378 e. The third-order valence-electron chi connectivity index (χ3n) is 8.30. The molecule has 0 amide bonds. The number of β-amino-alcohol motifs (C(OH)–C–C–N with tert-alkyl or cyclic N) is 1. The molecule has 4 aromatic rings. The molecule has 1 atom stereocenters. The first-order valence-electron chi connectivity index (χ1n) is 14.4. The van der Waals surface area contributed by atoms with Gasteiger partial charge in [-0.2, -0.15) is 13.2 Å². The number of hydrogen-bond acceptors (Lipinski definition) is 9. The summed E-state index contributed by atoms with van der Waals surface area (Å²) in [5.41, 5.74) is -1.87. The lowest BCUT2D eigenvalue weighted by Crippen LogP contribution is -2.56. The first-order chi connectivity index (χ1) is 21.1. The van der Waals surface area contributed by atoms with Gasteiger partial charge in [-0.15, -0.1) is 0 Å². The van der Waals surface area contributed by atoms with Crippen LogP contribution >= 0.6 is 0 Å². The first kappa shape index (κ1) is 29.8. The number of hydrogen-bond donors (Lipinski definition) is 1. The van der Waals surface area contributed by atoms with Gasteiger partial charge in [0.25, 0.3) is 5.69 Å². The van der Waals surface area contributed by atoms with Crippen molar-refractivity contribution in [3.63, 3.8) is 0 Å². The minimum absolute atomic E-state index is 0.110. The molecule has 2 aliphatic rings. The summed E-state index contributed by atoms with van der Waals surface area (Å²) in [5, 5.41) is 23.1. The van der Waals surface area contributed by atoms with E-state index in [4.69, 9.17) is 4.74 Å². The molecule has 0 spiro atoms. The Hall–Kier alpha value is -4.27. The van der Waals surface area contributed by atoms with Crippen molar-refractivity contribution in [3.8, 4) is 0 Å². The predicted octanol–water partition coefficient (Wildman–Crippen LogP) is 3.80. The topological polar surface area (TPSA) is 113 Å². The average molecular weight is 612 g/mol. The van der Waals surface area contributed by atoms with Crippen molar-refractivity contribution in [2.45, 2.75) is 18.3 Å². The third-order valence-corrected chi connectivity index (χ3v) is 8.30. The smallest absolute Gasteiger partial charge is 0.378 e. The zero-order chi connectivity index (χ0) is 30.9. The molecule has 6 rings (SSSR count). The highest BCUT2D eigenvalue weighted by molar-refractivity contribution is 5.87. The van der Waals surface area contributed by atoms with E-state index in [1.807, 2.05) is 23.1 Å². The Balaban J connectivity index is 1.23. The monoisotopic (exact) mass is 611 g/mol. The van der Waals surface area contributed by atoms with Gasteiger partial charge in [-0.25, -0.2) is 9.97 Å². The molecule has 0 radical (unpaired) electrons. The van der Waals surface area contributed by atoms with Crippen LogP contribution in [0.3, 0.4) is 0 Å². The number of halogens is 3. The van der Waals surface area contributed by atoms with Gasteiger partial charge in [-0.1, -0.05) is 30.3 Å². The number of piperazine rings is 1. The van der Waals surface area contributed by atoms with E-state index < -0.39 is 23.2 Å². The maximum absolute atomic E-state index is 14.8. The zero-order valence-electron chi connectivity index (χ0n) is 23.9. The van der Waals surface area contributed by atoms with E-state index in [2.05, 4.69) is 14.9 Å². The van der Waals surface area contributed by atoms with Gasteiger partial charge in [-0.05, 0) is 11.6 Å². The summed E-state index contributed by atoms with van der Waals surface area (Å²) >= 11 is 0. The SMILES string of the molecule is O=[N+]([O-])c1ccc2c(C(O)(CN3CCN(c4ncc(N5CCOCC5)cn4)CC3)C(F)(F)F)cn(Cc3ccccc3)c2c1. The first-order valence-corrected chi connectivity index (χ1v) is 14.4. The van der Waals surface area contributed by atoms with Crippen molar-refractivity contribution in [2.75, 3.05) is 68.8 Å². The molecule has 232 valence electrons. The number of anilines is 2. The fourth-order valence-electron chi connectivity index (χ4n) is 5.85. The number of aromatic nitrogens is 3. The highest BCUT2D eigenvalue weighted by Crippen LogP contribution is 2.44. The molecular weight excluding hydrogens is 579 g/mol. The van der Waals surface area contributed by atoms with Gasteiger partial charge in [0.05, 0.1) is 41.7 Å². The zero-order valence-corrected chi connectivity index (χ0v) is 23.9.